The van der Waals surface area contributed by atoms with Gasteiger partial charge >= 0.3 is 5.97 Å². The minimum atomic E-state index is -0.216. The van der Waals surface area contributed by atoms with Gasteiger partial charge in [-0.25, -0.2) is 0 Å². The van der Waals surface area contributed by atoms with Gasteiger partial charge in [0, 0.05) is 19.6 Å². The highest BCUT2D eigenvalue weighted by atomic mass is 16.7. The summed E-state index contributed by atoms with van der Waals surface area (Å²) in [6, 6.07) is 0. The van der Waals surface area contributed by atoms with Crippen molar-refractivity contribution in [3.63, 3.8) is 0 Å². The summed E-state index contributed by atoms with van der Waals surface area (Å²) >= 11 is 0. The molecular formula is C9H19NO3. The average molecular weight is 189 g/mol. The summed E-state index contributed by atoms with van der Waals surface area (Å²) in [5, 5.41) is 8.42. The Labute approximate surface area is 79.2 Å². The molecule has 0 aliphatic carbocycles. The Morgan fingerprint density at radius 3 is 2.77 bits per heavy atom. The Morgan fingerprint density at radius 2 is 2.15 bits per heavy atom. The van der Waals surface area contributed by atoms with Crippen molar-refractivity contribution in [2.45, 2.75) is 39.0 Å². The first-order chi connectivity index (χ1) is 6.31. The molecule has 0 rings (SSSR count). The molecule has 4 nitrogen and oxygen atoms in total. The van der Waals surface area contributed by atoms with Crippen molar-refractivity contribution in [3.8, 4) is 0 Å². The third kappa shape index (κ3) is 9.30. The molecule has 0 heterocycles. The van der Waals surface area contributed by atoms with E-state index in [0.717, 1.165) is 19.3 Å². The van der Waals surface area contributed by atoms with Crippen molar-refractivity contribution in [2.24, 2.45) is 0 Å². The molecule has 0 aromatic carbocycles. The zero-order valence-electron chi connectivity index (χ0n) is 8.21. The fourth-order valence-corrected chi connectivity index (χ4v) is 0.853. The second kappa shape index (κ2) is 9.48. The van der Waals surface area contributed by atoms with Crippen molar-refractivity contribution in [1.82, 2.24) is 5.48 Å². The normalized spacial score (nSPS) is 10.0. The van der Waals surface area contributed by atoms with E-state index in [1.807, 2.05) is 0 Å². The summed E-state index contributed by atoms with van der Waals surface area (Å²) in [6.45, 7) is 2.71. The molecule has 0 spiro atoms. The summed E-state index contributed by atoms with van der Waals surface area (Å²) < 4.78 is 0. The van der Waals surface area contributed by atoms with Crippen LogP contribution in [0, 0.1) is 0 Å². The maximum atomic E-state index is 10.9. The number of aliphatic hydroxyl groups is 1. The Balaban J connectivity index is 3.11. The summed E-state index contributed by atoms with van der Waals surface area (Å²) in [6.07, 6.45) is 4.12. The van der Waals surface area contributed by atoms with E-state index in [1.165, 1.54) is 0 Å². The molecule has 0 bridgehead atoms. The van der Waals surface area contributed by atoms with Gasteiger partial charge in [-0.15, -0.1) is 0 Å². The molecular weight excluding hydrogens is 170 g/mol. The number of nitrogens with one attached hydrogen (secondary N) is 1. The SMILES string of the molecule is CCCCCC(=O)ONCCCO. The molecule has 0 unspecified atom stereocenters. The lowest BCUT2D eigenvalue weighted by Gasteiger charge is -2.03. The number of aliphatic hydroxyl groups excluding tert-OH is 1. The van der Waals surface area contributed by atoms with Gasteiger partial charge in [0.2, 0.25) is 0 Å². The van der Waals surface area contributed by atoms with Gasteiger partial charge in [-0.1, -0.05) is 19.8 Å². The van der Waals surface area contributed by atoms with Crippen LogP contribution in [0.15, 0.2) is 0 Å². The van der Waals surface area contributed by atoms with Gasteiger partial charge in [0.15, 0.2) is 0 Å². The number of hydroxylamine groups is 1. The van der Waals surface area contributed by atoms with E-state index < -0.39 is 0 Å². The number of rotatable bonds is 8. The zero-order chi connectivity index (χ0) is 9.94. The quantitative estimate of drug-likeness (QED) is 0.441. The minimum Gasteiger partial charge on any atom is -0.396 e. The van der Waals surface area contributed by atoms with Crippen LogP contribution in [0.4, 0.5) is 0 Å². The lowest BCUT2D eigenvalue weighted by atomic mass is 10.2. The Morgan fingerprint density at radius 1 is 1.38 bits per heavy atom. The summed E-state index contributed by atoms with van der Waals surface area (Å²) in [5.41, 5.74) is 2.50. The van der Waals surface area contributed by atoms with E-state index in [-0.39, 0.29) is 12.6 Å². The third-order valence-electron chi connectivity index (χ3n) is 1.61. The first-order valence-corrected chi connectivity index (χ1v) is 4.84. The van der Waals surface area contributed by atoms with Crippen LogP contribution in [-0.2, 0) is 9.63 Å². The monoisotopic (exact) mass is 189 g/mol. The van der Waals surface area contributed by atoms with Crippen molar-refractivity contribution >= 4 is 5.97 Å². The zero-order valence-corrected chi connectivity index (χ0v) is 8.21. The molecule has 0 aromatic rings. The van der Waals surface area contributed by atoms with Gasteiger partial charge < -0.3 is 9.94 Å². The van der Waals surface area contributed by atoms with Crippen LogP contribution >= 0.6 is 0 Å². The predicted octanol–water partition coefficient (Wildman–Crippen LogP) is 0.997. The fraction of sp³-hybridized carbons (Fsp3) is 0.889. The molecule has 0 amide bonds. The minimum absolute atomic E-state index is 0.111. The first-order valence-electron chi connectivity index (χ1n) is 4.84. The maximum absolute atomic E-state index is 10.9. The molecule has 78 valence electrons. The number of hydrogen-bond acceptors (Lipinski definition) is 4. The highest BCUT2D eigenvalue weighted by Crippen LogP contribution is 1.99. The van der Waals surface area contributed by atoms with Crippen LogP contribution < -0.4 is 5.48 Å². The average Bonchev–Trinajstić information content (AvgIpc) is 2.13. The molecule has 0 aliphatic heterocycles. The van der Waals surface area contributed by atoms with Crippen molar-refractivity contribution in [3.05, 3.63) is 0 Å². The second-order valence-electron chi connectivity index (χ2n) is 2.90. The molecule has 2 N–H and O–H groups in total. The second-order valence-corrected chi connectivity index (χ2v) is 2.90. The number of carbonyl (C=O) groups is 1. The van der Waals surface area contributed by atoms with Gasteiger partial charge in [0.25, 0.3) is 0 Å². The van der Waals surface area contributed by atoms with Crippen LogP contribution in [0.25, 0.3) is 0 Å². The topological polar surface area (TPSA) is 58.6 Å². The van der Waals surface area contributed by atoms with Crippen LogP contribution in [0.1, 0.15) is 39.0 Å². The van der Waals surface area contributed by atoms with Crippen LogP contribution in [0.2, 0.25) is 0 Å². The number of hydrogen-bond donors (Lipinski definition) is 2. The fourth-order valence-electron chi connectivity index (χ4n) is 0.853. The van der Waals surface area contributed by atoms with Crippen LogP contribution in [-0.4, -0.2) is 24.2 Å². The summed E-state index contributed by atoms with van der Waals surface area (Å²) in [4.78, 5) is 15.6. The molecule has 0 aliphatic rings. The lowest BCUT2D eigenvalue weighted by molar-refractivity contribution is -0.151. The van der Waals surface area contributed by atoms with E-state index >= 15 is 0 Å². The Hall–Kier alpha value is -0.610. The van der Waals surface area contributed by atoms with E-state index in [1.54, 1.807) is 0 Å². The van der Waals surface area contributed by atoms with E-state index in [2.05, 4.69) is 12.4 Å². The van der Waals surface area contributed by atoms with Crippen molar-refractivity contribution in [1.29, 1.82) is 0 Å². The number of carbonyl (C=O) groups excluding carboxylic acids is 1. The molecule has 4 heteroatoms. The van der Waals surface area contributed by atoms with Crippen LogP contribution in [0.5, 0.6) is 0 Å². The molecule has 0 saturated carbocycles. The number of unbranched alkanes of at least 4 members (excludes halogenated alkanes) is 2. The van der Waals surface area contributed by atoms with E-state index in [0.29, 0.717) is 19.4 Å². The smallest absolute Gasteiger partial charge is 0.324 e. The predicted molar refractivity (Wildman–Crippen MR) is 49.9 cm³/mol. The molecule has 0 saturated heterocycles. The van der Waals surface area contributed by atoms with Gasteiger partial charge in [0.1, 0.15) is 0 Å². The van der Waals surface area contributed by atoms with Crippen LogP contribution in [0.3, 0.4) is 0 Å². The van der Waals surface area contributed by atoms with E-state index in [9.17, 15) is 4.79 Å². The molecule has 0 fully saturated rings. The van der Waals surface area contributed by atoms with E-state index in [4.69, 9.17) is 9.94 Å². The first kappa shape index (κ1) is 12.4. The van der Waals surface area contributed by atoms with Crippen molar-refractivity contribution < 1.29 is 14.7 Å². The van der Waals surface area contributed by atoms with Gasteiger partial charge in [-0.3, -0.25) is 4.79 Å². The Bertz CT molecular complexity index is 128. The molecule has 0 radical (unpaired) electrons. The maximum Gasteiger partial charge on any atom is 0.324 e. The van der Waals surface area contributed by atoms with Gasteiger partial charge in [0.05, 0.1) is 0 Å². The lowest BCUT2D eigenvalue weighted by Crippen LogP contribution is -2.21. The molecule has 0 aromatic heterocycles. The molecule has 13 heavy (non-hydrogen) atoms. The standard InChI is InChI=1S/C9H19NO3/c1-2-3-4-6-9(12)13-10-7-5-8-11/h10-11H,2-8H2,1H3. The van der Waals surface area contributed by atoms with Crippen molar-refractivity contribution in [2.75, 3.05) is 13.2 Å². The largest absolute Gasteiger partial charge is 0.396 e. The highest BCUT2D eigenvalue weighted by molar-refractivity contribution is 5.68. The Kier molecular flexibility index (Phi) is 9.03. The van der Waals surface area contributed by atoms with Gasteiger partial charge in [-0.05, 0) is 12.8 Å². The van der Waals surface area contributed by atoms with Gasteiger partial charge in [-0.2, -0.15) is 5.48 Å². The summed E-state index contributed by atoms with van der Waals surface area (Å²) in [5.74, 6) is -0.216. The molecule has 0 atom stereocenters. The highest BCUT2D eigenvalue weighted by Gasteiger charge is 2.00. The summed E-state index contributed by atoms with van der Waals surface area (Å²) in [7, 11) is 0. The third-order valence-corrected chi connectivity index (χ3v) is 1.61.